The van der Waals surface area contributed by atoms with Crippen molar-refractivity contribution in [2.24, 2.45) is 0 Å². The molecule has 1 saturated heterocycles. The molecular formula is C29H26N2O5S. The molecule has 2 heterocycles. The largest absolute Gasteiger partial charge is 0.507 e. The number of carbonyl (C=O) groups is 2. The van der Waals surface area contributed by atoms with Crippen LogP contribution in [0.25, 0.3) is 16.0 Å². The van der Waals surface area contributed by atoms with Gasteiger partial charge in [0, 0.05) is 11.1 Å². The van der Waals surface area contributed by atoms with Crippen molar-refractivity contribution in [3.05, 3.63) is 89.0 Å². The second kappa shape index (κ2) is 10.1. The van der Waals surface area contributed by atoms with E-state index in [1.807, 2.05) is 31.2 Å². The van der Waals surface area contributed by atoms with Crippen LogP contribution in [0.2, 0.25) is 0 Å². The first-order chi connectivity index (χ1) is 18.0. The number of thiazole rings is 1. The van der Waals surface area contributed by atoms with E-state index in [1.54, 1.807) is 42.5 Å². The summed E-state index contributed by atoms with van der Waals surface area (Å²) in [5, 5.41) is 11.8. The number of fused-ring (bicyclic) bond motifs is 1. The first-order valence-electron chi connectivity index (χ1n) is 12.0. The van der Waals surface area contributed by atoms with Gasteiger partial charge < -0.3 is 14.6 Å². The van der Waals surface area contributed by atoms with Gasteiger partial charge in [0.25, 0.3) is 5.78 Å². The number of anilines is 1. The van der Waals surface area contributed by atoms with E-state index in [1.165, 1.54) is 23.3 Å². The van der Waals surface area contributed by atoms with E-state index in [9.17, 15) is 14.7 Å². The van der Waals surface area contributed by atoms with Gasteiger partial charge in [0.05, 0.1) is 29.5 Å². The maximum atomic E-state index is 13.5. The molecule has 4 aromatic rings. The molecule has 7 nitrogen and oxygen atoms in total. The summed E-state index contributed by atoms with van der Waals surface area (Å²) in [5.41, 5.74) is 2.85. The first kappa shape index (κ1) is 24.5. The van der Waals surface area contributed by atoms with Crippen molar-refractivity contribution in [2.75, 3.05) is 18.6 Å². The van der Waals surface area contributed by atoms with E-state index >= 15 is 0 Å². The van der Waals surface area contributed by atoms with Crippen LogP contribution in [0, 0.1) is 0 Å². The summed E-state index contributed by atoms with van der Waals surface area (Å²) in [4.78, 5) is 33.1. The summed E-state index contributed by atoms with van der Waals surface area (Å²) in [6.45, 7) is 4.46. The number of rotatable bonds is 7. The Labute approximate surface area is 218 Å². The number of benzene rings is 3. The number of Topliss-reactive ketones (excluding diaryl/α,β-unsaturated/α-hetero) is 1. The Balaban J connectivity index is 1.70. The number of carbonyl (C=O) groups excluding carboxylic acids is 2. The molecule has 37 heavy (non-hydrogen) atoms. The van der Waals surface area contributed by atoms with Crippen LogP contribution in [0.4, 0.5) is 5.13 Å². The number of amides is 1. The van der Waals surface area contributed by atoms with Crippen LogP contribution in [0.1, 0.15) is 36.6 Å². The minimum Gasteiger partial charge on any atom is -0.507 e. The molecule has 1 atom stereocenters. The number of hydrogen-bond acceptors (Lipinski definition) is 7. The molecule has 0 aliphatic carbocycles. The molecule has 5 rings (SSSR count). The molecule has 1 fully saturated rings. The average Bonchev–Trinajstić information content (AvgIpc) is 3.46. The standard InChI is InChI=1S/C29H26N2O5S/c1-4-17-10-15-21-23(16-17)37-29(30-21)31-25(20-8-6-7-9-22(20)35-3)24(27(33)28(31)34)26(32)18-11-13-19(14-12-18)36-5-2/h6-16,25,32H,4-5H2,1-3H3/b26-24+/t25-/m0/s1. The molecule has 1 amide bonds. The number of aliphatic hydroxyl groups is 1. The molecule has 1 aliphatic heterocycles. The number of aryl methyl sites for hydroxylation is 1. The van der Waals surface area contributed by atoms with Crippen LogP contribution in [-0.2, 0) is 16.0 Å². The monoisotopic (exact) mass is 514 g/mol. The Morgan fingerprint density at radius 3 is 2.51 bits per heavy atom. The third-order valence-corrected chi connectivity index (χ3v) is 7.39. The summed E-state index contributed by atoms with van der Waals surface area (Å²) in [5.74, 6) is -0.670. The van der Waals surface area contributed by atoms with Gasteiger partial charge >= 0.3 is 5.91 Å². The van der Waals surface area contributed by atoms with Crippen LogP contribution in [0.5, 0.6) is 11.5 Å². The van der Waals surface area contributed by atoms with Gasteiger partial charge in [0.2, 0.25) is 0 Å². The van der Waals surface area contributed by atoms with Crippen LogP contribution < -0.4 is 14.4 Å². The van der Waals surface area contributed by atoms with Crippen molar-refractivity contribution >= 4 is 44.1 Å². The second-order valence-corrected chi connectivity index (χ2v) is 9.53. The molecule has 0 bridgehead atoms. The Hall–Kier alpha value is -4.17. The number of ketones is 1. The van der Waals surface area contributed by atoms with E-state index in [-0.39, 0.29) is 11.3 Å². The lowest BCUT2D eigenvalue weighted by Gasteiger charge is -2.24. The molecule has 0 saturated carbocycles. The lowest BCUT2D eigenvalue weighted by atomic mass is 9.94. The number of aliphatic hydroxyl groups excluding tert-OH is 1. The zero-order valence-corrected chi connectivity index (χ0v) is 21.5. The Morgan fingerprint density at radius 2 is 1.81 bits per heavy atom. The summed E-state index contributed by atoms with van der Waals surface area (Å²) >= 11 is 1.34. The molecule has 1 aromatic heterocycles. The number of ether oxygens (including phenoxy) is 2. The Kier molecular flexibility index (Phi) is 6.67. The van der Waals surface area contributed by atoms with E-state index in [0.29, 0.717) is 34.4 Å². The third kappa shape index (κ3) is 4.34. The van der Waals surface area contributed by atoms with Crippen LogP contribution in [0.3, 0.4) is 0 Å². The van der Waals surface area contributed by atoms with Crippen molar-refractivity contribution in [3.63, 3.8) is 0 Å². The number of hydrogen-bond donors (Lipinski definition) is 1. The van der Waals surface area contributed by atoms with E-state index < -0.39 is 17.7 Å². The Bertz CT molecular complexity index is 1520. The van der Waals surface area contributed by atoms with Crippen molar-refractivity contribution in [2.45, 2.75) is 26.3 Å². The summed E-state index contributed by atoms with van der Waals surface area (Å²) in [7, 11) is 1.53. The van der Waals surface area contributed by atoms with Gasteiger partial charge in [0.15, 0.2) is 5.13 Å². The minimum absolute atomic E-state index is 0.0211. The highest BCUT2D eigenvalue weighted by molar-refractivity contribution is 7.22. The smallest absolute Gasteiger partial charge is 0.301 e. The highest BCUT2D eigenvalue weighted by atomic mass is 32.1. The van der Waals surface area contributed by atoms with E-state index in [0.717, 1.165) is 22.2 Å². The summed E-state index contributed by atoms with van der Waals surface area (Å²) < 4.78 is 12.0. The van der Waals surface area contributed by atoms with Gasteiger partial charge in [-0.05, 0) is 61.4 Å². The van der Waals surface area contributed by atoms with Gasteiger partial charge in [-0.2, -0.15) is 0 Å². The number of nitrogens with zero attached hydrogens (tertiary/aromatic N) is 2. The summed E-state index contributed by atoms with van der Waals surface area (Å²) in [6.07, 6.45) is 0.872. The molecule has 0 unspecified atom stereocenters. The first-order valence-corrected chi connectivity index (χ1v) is 12.8. The second-order valence-electron chi connectivity index (χ2n) is 8.52. The molecule has 3 aromatic carbocycles. The fourth-order valence-corrected chi connectivity index (χ4v) is 5.58. The third-order valence-electron chi connectivity index (χ3n) is 6.37. The molecule has 188 valence electrons. The topological polar surface area (TPSA) is 89.0 Å². The maximum Gasteiger partial charge on any atom is 0.301 e. The zero-order chi connectivity index (χ0) is 26.1. The van der Waals surface area contributed by atoms with Gasteiger partial charge in [0.1, 0.15) is 23.3 Å². The SMILES string of the molecule is CCOc1ccc(/C(O)=C2\C(=O)C(=O)N(c3nc4ccc(CC)cc4s3)[C@H]2c2ccccc2OC)cc1. The molecule has 1 aliphatic rings. The lowest BCUT2D eigenvalue weighted by Crippen LogP contribution is -2.29. The fourth-order valence-electron chi connectivity index (χ4n) is 4.53. The van der Waals surface area contributed by atoms with Crippen molar-refractivity contribution in [1.29, 1.82) is 0 Å². The molecule has 8 heteroatoms. The highest BCUT2D eigenvalue weighted by Crippen LogP contribution is 2.46. The Morgan fingerprint density at radius 1 is 1.05 bits per heavy atom. The number of para-hydroxylation sites is 1. The van der Waals surface area contributed by atoms with Gasteiger partial charge in [-0.1, -0.05) is 42.5 Å². The predicted molar refractivity (Wildman–Crippen MR) is 144 cm³/mol. The number of methoxy groups -OCH3 is 1. The normalized spacial score (nSPS) is 16.9. The number of aromatic nitrogens is 1. The van der Waals surface area contributed by atoms with E-state index in [4.69, 9.17) is 14.5 Å². The predicted octanol–water partition coefficient (Wildman–Crippen LogP) is 5.89. The van der Waals surface area contributed by atoms with Crippen LogP contribution >= 0.6 is 11.3 Å². The van der Waals surface area contributed by atoms with Gasteiger partial charge in [-0.3, -0.25) is 14.5 Å². The lowest BCUT2D eigenvalue weighted by molar-refractivity contribution is -0.132. The van der Waals surface area contributed by atoms with Gasteiger partial charge in [-0.15, -0.1) is 0 Å². The van der Waals surface area contributed by atoms with Crippen LogP contribution in [0.15, 0.2) is 72.3 Å². The van der Waals surface area contributed by atoms with Crippen molar-refractivity contribution in [3.8, 4) is 11.5 Å². The molecule has 0 spiro atoms. The van der Waals surface area contributed by atoms with Crippen molar-refractivity contribution < 1.29 is 24.2 Å². The van der Waals surface area contributed by atoms with Crippen LogP contribution in [-0.4, -0.2) is 35.5 Å². The minimum atomic E-state index is -0.922. The molecule has 0 radical (unpaired) electrons. The average molecular weight is 515 g/mol. The quantitative estimate of drug-likeness (QED) is 0.188. The fraction of sp³-hybridized carbons (Fsp3) is 0.207. The summed E-state index contributed by atoms with van der Waals surface area (Å²) in [6, 6.07) is 19.0. The van der Waals surface area contributed by atoms with Crippen molar-refractivity contribution in [1.82, 2.24) is 4.98 Å². The van der Waals surface area contributed by atoms with Gasteiger partial charge in [-0.25, -0.2) is 4.98 Å². The molecular weight excluding hydrogens is 488 g/mol. The van der Waals surface area contributed by atoms with E-state index in [2.05, 4.69) is 6.92 Å². The highest BCUT2D eigenvalue weighted by Gasteiger charge is 2.49. The zero-order valence-electron chi connectivity index (χ0n) is 20.7. The maximum absolute atomic E-state index is 13.5. The molecule has 1 N–H and O–H groups in total.